The summed E-state index contributed by atoms with van der Waals surface area (Å²) < 4.78 is 2.22. The molecule has 0 saturated carbocycles. The third-order valence-corrected chi connectivity index (χ3v) is 5.08. The van der Waals surface area contributed by atoms with Crippen molar-refractivity contribution in [1.82, 2.24) is 9.97 Å². The van der Waals surface area contributed by atoms with Crippen molar-refractivity contribution in [3.63, 3.8) is 0 Å². The van der Waals surface area contributed by atoms with E-state index in [4.69, 9.17) is 0 Å². The summed E-state index contributed by atoms with van der Waals surface area (Å²) in [6.45, 7) is 6.55. The second-order valence-corrected chi connectivity index (χ2v) is 6.93. The number of fused-ring (bicyclic) bond motifs is 1. The van der Waals surface area contributed by atoms with Gasteiger partial charge in [-0.1, -0.05) is 23.8 Å². The summed E-state index contributed by atoms with van der Waals surface area (Å²) in [5.41, 5.74) is 8.51. The number of hydrogen-bond acceptors (Lipinski definition) is 2. The molecule has 2 heterocycles. The van der Waals surface area contributed by atoms with E-state index in [1.807, 2.05) is 6.07 Å². The van der Waals surface area contributed by atoms with Crippen LogP contribution in [0.4, 0.5) is 0 Å². The van der Waals surface area contributed by atoms with Crippen molar-refractivity contribution in [2.24, 2.45) is 7.05 Å². The predicted octanol–water partition coefficient (Wildman–Crippen LogP) is 4.71. The van der Waals surface area contributed by atoms with Crippen LogP contribution in [0.5, 0.6) is 0 Å². The van der Waals surface area contributed by atoms with Gasteiger partial charge in [0.25, 0.3) is 0 Å². The lowest BCUT2D eigenvalue weighted by Crippen LogP contribution is -2.30. The van der Waals surface area contributed by atoms with E-state index in [1.165, 1.54) is 38.7 Å². The minimum Gasteiger partial charge on any atom is -0.245 e. The Labute approximate surface area is 154 Å². The van der Waals surface area contributed by atoms with E-state index in [-0.39, 0.29) is 0 Å². The van der Waals surface area contributed by atoms with Crippen LogP contribution in [-0.2, 0) is 7.05 Å². The van der Waals surface area contributed by atoms with Gasteiger partial charge in [-0.15, -0.1) is 0 Å². The highest BCUT2D eigenvalue weighted by Crippen LogP contribution is 2.32. The summed E-state index contributed by atoms with van der Waals surface area (Å²) >= 11 is 0. The van der Waals surface area contributed by atoms with Crippen LogP contribution >= 0.6 is 0 Å². The van der Waals surface area contributed by atoms with Crippen LogP contribution in [-0.4, -0.2) is 9.97 Å². The monoisotopic (exact) mass is 340 g/mol. The van der Waals surface area contributed by atoms with Crippen molar-refractivity contribution in [1.29, 1.82) is 0 Å². The first-order valence-electron chi connectivity index (χ1n) is 8.81. The molecule has 2 aromatic carbocycles. The summed E-state index contributed by atoms with van der Waals surface area (Å²) in [6.07, 6.45) is 5.52. The number of rotatable bonds is 2. The molecule has 26 heavy (non-hydrogen) atoms. The minimum atomic E-state index is 0.941. The normalized spacial score (nSPS) is 11.1. The molecule has 0 radical (unpaired) electrons. The van der Waals surface area contributed by atoms with Gasteiger partial charge in [0.1, 0.15) is 13.4 Å². The molecular formula is C23H22N3+. The quantitative estimate of drug-likeness (QED) is 0.495. The van der Waals surface area contributed by atoms with Crippen LogP contribution in [0.15, 0.2) is 61.2 Å². The molecular weight excluding hydrogens is 318 g/mol. The highest BCUT2D eigenvalue weighted by atomic mass is 14.9. The summed E-state index contributed by atoms with van der Waals surface area (Å²) in [5.74, 6) is 0. The van der Waals surface area contributed by atoms with Crippen LogP contribution in [0.25, 0.3) is 33.3 Å². The Morgan fingerprint density at radius 3 is 2.54 bits per heavy atom. The molecule has 0 bridgehead atoms. The Hall–Kier alpha value is -3.07. The second-order valence-electron chi connectivity index (χ2n) is 6.93. The molecule has 4 aromatic rings. The van der Waals surface area contributed by atoms with Gasteiger partial charge >= 0.3 is 0 Å². The largest absolute Gasteiger partial charge is 0.245 e. The van der Waals surface area contributed by atoms with Crippen LogP contribution in [0.3, 0.4) is 0 Å². The number of pyridine rings is 1. The highest BCUT2D eigenvalue weighted by molar-refractivity contribution is 5.96. The first-order valence-corrected chi connectivity index (χ1v) is 8.81. The fourth-order valence-corrected chi connectivity index (χ4v) is 3.60. The van der Waals surface area contributed by atoms with E-state index >= 15 is 0 Å². The molecule has 0 atom stereocenters. The number of hydrogen-bond donors (Lipinski definition) is 0. The fraction of sp³-hybridized carbons (Fsp3) is 0.174. The van der Waals surface area contributed by atoms with E-state index in [9.17, 15) is 0 Å². The molecule has 0 N–H and O–H groups in total. The third-order valence-electron chi connectivity index (χ3n) is 5.08. The molecule has 0 spiro atoms. The maximum absolute atomic E-state index is 4.41. The van der Waals surface area contributed by atoms with Gasteiger partial charge in [-0.3, -0.25) is 0 Å². The topological polar surface area (TPSA) is 29.7 Å². The van der Waals surface area contributed by atoms with Crippen LogP contribution in [0, 0.1) is 20.8 Å². The van der Waals surface area contributed by atoms with Crippen LogP contribution in [0.1, 0.15) is 16.7 Å². The molecule has 0 saturated heterocycles. The number of aryl methyl sites for hydroxylation is 3. The Morgan fingerprint density at radius 1 is 0.923 bits per heavy atom. The summed E-state index contributed by atoms with van der Waals surface area (Å²) in [6, 6.07) is 15.2. The molecule has 0 fully saturated rings. The van der Waals surface area contributed by atoms with Gasteiger partial charge in [0.15, 0.2) is 6.20 Å². The lowest BCUT2D eigenvalue weighted by Gasteiger charge is -2.12. The summed E-state index contributed by atoms with van der Waals surface area (Å²) in [4.78, 5) is 8.44. The lowest BCUT2D eigenvalue weighted by molar-refractivity contribution is -0.659. The van der Waals surface area contributed by atoms with E-state index in [2.05, 4.69) is 84.9 Å². The van der Waals surface area contributed by atoms with Gasteiger partial charge in [0.05, 0.1) is 16.6 Å². The second kappa shape index (κ2) is 6.34. The molecule has 0 aliphatic rings. The smallest absolute Gasteiger partial charge is 0.220 e. The lowest BCUT2D eigenvalue weighted by atomic mass is 9.94. The van der Waals surface area contributed by atoms with Crippen molar-refractivity contribution in [2.45, 2.75) is 20.8 Å². The number of nitrogens with zero attached hydrogens (tertiary/aromatic N) is 3. The average Bonchev–Trinajstić information content (AvgIpc) is 2.65. The molecule has 128 valence electrons. The zero-order valence-electron chi connectivity index (χ0n) is 15.6. The van der Waals surface area contributed by atoms with Gasteiger partial charge in [-0.2, -0.15) is 0 Å². The molecule has 2 aromatic heterocycles. The standard InChI is InChI=1S/C23H22N3/c1-15-11-16(2)17(3)20(12-15)23-21-13-19(22-7-9-24-14-25-22)6-5-18(21)8-10-26(23)4/h5-14H,1-4H3/q+1. The molecule has 4 rings (SSSR count). The van der Waals surface area contributed by atoms with Gasteiger partial charge in [0.2, 0.25) is 5.69 Å². The first-order chi connectivity index (χ1) is 12.5. The molecule has 0 aliphatic heterocycles. The van der Waals surface area contributed by atoms with Crippen molar-refractivity contribution in [2.75, 3.05) is 0 Å². The SMILES string of the molecule is Cc1cc(C)c(C)c(-c2c3cc(-c4ccncn4)ccc3cc[n+]2C)c1. The van der Waals surface area contributed by atoms with Gasteiger partial charge < -0.3 is 0 Å². The van der Waals surface area contributed by atoms with Gasteiger partial charge in [-0.05, 0) is 55.5 Å². The Morgan fingerprint density at radius 2 is 1.77 bits per heavy atom. The zero-order valence-corrected chi connectivity index (χ0v) is 15.6. The van der Waals surface area contributed by atoms with E-state index in [0.717, 1.165) is 11.3 Å². The van der Waals surface area contributed by atoms with Crippen molar-refractivity contribution in [3.8, 4) is 22.5 Å². The minimum absolute atomic E-state index is 0.941. The van der Waals surface area contributed by atoms with E-state index in [0.29, 0.717) is 0 Å². The van der Waals surface area contributed by atoms with Gasteiger partial charge in [-0.25, -0.2) is 14.5 Å². The van der Waals surface area contributed by atoms with E-state index in [1.54, 1.807) is 12.5 Å². The van der Waals surface area contributed by atoms with Crippen molar-refractivity contribution >= 4 is 10.8 Å². The number of aromatic nitrogens is 3. The van der Waals surface area contributed by atoms with Crippen LogP contribution in [0.2, 0.25) is 0 Å². The Bertz CT molecular complexity index is 1120. The molecule has 0 unspecified atom stereocenters. The highest BCUT2D eigenvalue weighted by Gasteiger charge is 2.19. The molecule has 0 aliphatic carbocycles. The van der Waals surface area contributed by atoms with Crippen LogP contribution < -0.4 is 4.57 Å². The van der Waals surface area contributed by atoms with Crippen molar-refractivity contribution < 1.29 is 4.57 Å². The van der Waals surface area contributed by atoms with E-state index < -0.39 is 0 Å². The predicted molar refractivity (Wildman–Crippen MR) is 106 cm³/mol. The Kier molecular flexibility index (Phi) is 4.00. The number of benzene rings is 2. The molecule has 3 nitrogen and oxygen atoms in total. The summed E-state index contributed by atoms with van der Waals surface area (Å²) in [7, 11) is 2.11. The maximum atomic E-state index is 4.41. The molecule has 3 heteroatoms. The molecule has 0 amide bonds. The third kappa shape index (κ3) is 2.76. The van der Waals surface area contributed by atoms with Crippen molar-refractivity contribution in [3.05, 3.63) is 77.9 Å². The Balaban J connectivity index is 2.04. The van der Waals surface area contributed by atoms with Gasteiger partial charge in [0, 0.05) is 17.8 Å². The first kappa shape index (κ1) is 16.4. The maximum Gasteiger partial charge on any atom is 0.220 e. The fourth-order valence-electron chi connectivity index (χ4n) is 3.60. The zero-order chi connectivity index (χ0) is 18.3. The average molecular weight is 340 g/mol. The summed E-state index contributed by atoms with van der Waals surface area (Å²) in [5, 5.41) is 2.47.